The average Bonchev–Trinajstić information content (AvgIpc) is 2.74. The van der Waals surface area contributed by atoms with E-state index in [1.54, 1.807) is 6.07 Å². The van der Waals surface area contributed by atoms with Crippen molar-refractivity contribution in [3.63, 3.8) is 0 Å². The minimum absolute atomic E-state index is 0.234. The lowest BCUT2D eigenvalue weighted by Gasteiger charge is -2.09. The average molecular weight is 387 g/mol. The minimum atomic E-state index is -0.279. The van der Waals surface area contributed by atoms with Crippen molar-refractivity contribution in [3.8, 4) is 0 Å². The van der Waals surface area contributed by atoms with Gasteiger partial charge in [0.25, 0.3) is 11.8 Å². The number of benzene rings is 2. The molecule has 5 heteroatoms. The zero-order valence-corrected chi connectivity index (χ0v) is 16.7. The highest BCUT2D eigenvalue weighted by atomic mass is 16.2. The molecule has 0 spiro atoms. The van der Waals surface area contributed by atoms with Gasteiger partial charge in [0.05, 0.1) is 0 Å². The molecular weight excluding hydrogens is 362 g/mol. The molecule has 0 radical (unpaired) electrons. The fourth-order valence-corrected chi connectivity index (χ4v) is 2.95. The van der Waals surface area contributed by atoms with Gasteiger partial charge >= 0.3 is 0 Å². The smallest absolute Gasteiger partial charge is 0.269 e. The maximum atomic E-state index is 12.5. The Hall–Kier alpha value is -3.47. The first-order chi connectivity index (χ1) is 14.0. The van der Waals surface area contributed by atoms with Gasteiger partial charge in [0.2, 0.25) is 0 Å². The second-order valence-corrected chi connectivity index (χ2v) is 7.03. The van der Waals surface area contributed by atoms with Crippen LogP contribution in [0.25, 0.3) is 0 Å². The third-order valence-electron chi connectivity index (χ3n) is 4.79. The Bertz CT molecular complexity index is 1000. The van der Waals surface area contributed by atoms with E-state index in [2.05, 4.69) is 27.8 Å². The molecule has 1 heterocycles. The molecule has 0 aliphatic heterocycles. The molecule has 2 amide bonds. The van der Waals surface area contributed by atoms with Gasteiger partial charge in [-0.15, -0.1) is 0 Å². The molecule has 2 aromatic carbocycles. The fourth-order valence-electron chi connectivity index (χ4n) is 2.95. The van der Waals surface area contributed by atoms with Crippen LogP contribution in [0.3, 0.4) is 0 Å². The first-order valence-electron chi connectivity index (χ1n) is 9.70. The molecule has 3 aromatic rings. The Morgan fingerprint density at radius 1 is 0.897 bits per heavy atom. The fraction of sp³-hybridized carbons (Fsp3) is 0.208. The lowest BCUT2D eigenvalue weighted by atomic mass is 10.1. The normalized spacial score (nSPS) is 10.4. The summed E-state index contributed by atoms with van der Waals surface area (Å²) in [4.78, 5) is 29.0. The Balaban J connectivity index is 1.55. The first-order valence-corrected chi connectivity index (χ1v) is 9.70. The number of anilines is 1. The van der Waals surface area contributed by atoms with Crippen LogP contribution in [0.2, 0.25) is 0 Å². The van der Waals surface area contributed by atoms with E-state index in [9.17, 15) is 9.59 Å². The van der Waals surface area contributed by atoms with Crippen molar-refractivity contribution in [2.24, 2.45) is 0 Å². The monoisotopic (exact) mass is 387 g/mol. The van der Waals surface area contributed by atoms with Crippen molar-refractivity contribution >= 4 is 17.5 Å². The molecule has 148 valence electrons. The molecule has 0 fully saturated rings. The van der Waals surface area contributed by atoms with Crippen molar-refractivity contribution in [1.82, 2.24) is 10.3 Å². The lowest BCUT2D eigenvalue weighted by Crippen LogP contribution is -2.26. The number of aryl methyl sites for hydroxylation is 3. The lowest BCUT2D eigenvalue weighted by molar-refractivity contribution is 0.0948. The Morgan fingerprint density at radius 2 is 1.69 bits per heavy atom. The third kappa shape index (κ3) is 5.75. The summed E-state index contributed by atoms with van der Waals surface area (Å²) in [5.74, 6) is -0.548. The summed E-state index contributed by atoms with van der Waals surface area (Å²) in [5, 5.41) is 5.73. The molecule has 1 aromatic heterocycles. The molecule has 0 aliphatic carbocycles. The quantitative estimate of drug-likeness (QED) is 0.593. The number of aromatic nitrogens is 1. The molecule has 0 bridgehead atoms. The Kier molecular flexibility index (Phi) is 6.74. The zero-order chi connectivity index (χ0) is 20.6. The van der Waals surface area contributed by atoms with Gasteiger partial charge in [-0.05, 0) is 67.6 Å². The summed E-state index contributed by atoms with van der Waals surface area (Å²) in [5.41, 5.74) is 4.86. The SMILES string of the molecule is Cc1ccc(NC(=O)c2ccnc(C(=O)NCCCc3ccccc3)c2)cc1C. The van der Waals surface area contributed by atoms with E-state index in [-0.39, 0.29) is 17.5 Å². The topological polar surface area (TPSA) is 71.1 Å². The molecular formula is C24H25N3O2. The number of nitrogens with one attached hydrogen (secondary N) is 2. The number of hydrogen-bond acceptors (Lipinski definition) is 3. The molecule has 0 saturated heterocycles. The van der Waals surface area contributed by atoms with Gasteiger partial charge in [0, 0.05) is 24.0 Å². The molecule has 0 aliphatic rings. The van der Waals surface area contributed by atoms with Crippen LogP contribution in [0.4, 0.5) is 5.69 Å². The van der Waals surface area contributed by atoms with Crippen LogP contribution in [-0.2, 0) is 6.42 Å². The highest BCUT2D eigenvalue weighted by Gasteiger charge is 2.12. The van der Waals surface area contributed by atoms with Crippen molar-refractivity contribution in [2.75, 3.05) is 11.9 Å². The predicted octanol–water partition coefficient (Wildman–Crippen LogP) is 4.31. The van der Waals surface area contributed by atoms with Crippen LogP contribution >= 0.6 is 0 Å². The number of hydrogen-bond donors (Lipinski definition) is 2. The van der Waals surface area contributed by atoms with E-state index < -0.39 is 0 Å². The van der Waals surface area contributed by atoms with E-state index in [4.69, 9.17) is 0 Å². The number of carbonyl (C=O) groups excluding carboxylic acids is 2. The maximum absolute atomic E-state index is 12.5. The van der Waals surface area contributed by atoms with Gasteiger partial charge in [-0.25, -0.2) is 0 Å². The van der Waals surface area contributed by atoms with Gasteiger partial charge in [-0.3, -0.25) is 14.6 Å². The van der Waals surface area contributed by atoms with Crippen molar-refractivity contribution in [3.05, 3.63) is 94.8 Å². The number of pyridine rings is 1. The summed E-state index contributed by atoms with van der Waals surface area (Å²) in [7, 11) is 0. The van der Waals surface area contributed by atoms with Gasteiger partial charge < -0.3 is 10.6 Å². The molecule has 0 saturated carbocycles. The zero-order valence-electron chi connectivity index (χ0n) is 16.7. The highest BCUT2D eigenvalue weighted by Crippen LogP contribution is 2.15. The first kappa shape index (κ1) is 20.3. The van der Waals surface area contributed by atoms with Gasteiger partial charge in [-0.1, -0.05) is 36.4 Å². The Morgan fingerprint density at radius 3 is 2.45 bits per heavy atom. The van der Waals surface area contributed by atoms with Crippen LogP contribution in [0.5, 0.6) is 0 Å². The predicted molar refractivity (Wildman–Crippen MR) is 115 cm³/mol. The van der Waals surface area contributed by atoms with Crippen molar-refractivity contribution < 1.29 is 9.59 Å². The molecule has 0 atom stereocenters. The van der Waals surface area contributed by atoms with E-state index in [0.29, 0.717) is 12.1 Å². The van der Waals surface area contributed by atoms with Gasteiger partial charge in [0.15, 0.2) is 0 Å². The van der Waals surface area contributed by atoms with E-state index in [0.717, 1.165) is 29.7 Å². The Labute approximate surface area is 171 Å². The number of carbonyl (C=O) groups is 2. The van der Waals surface area contributed by atoms with Crippen LogP contribution in [-0.4, -0.2) is 23.3 Å². The molecule has 5 nitrogen and oxygen atoms in total. The number of nitrogens with zero attached hydrogens (tertiary/aromatic N) is 1. The second kappa shape index (κ2) is 9.64. The van der Waals surface area contributed by atoms with Crippen LogP contribution < -0.4 is 10.6 Å². The largest absolute Gasteiger partial charge is 0.351 e. The molecule has 29 heavy (non-hydrogen) atoms. The third-order valence-corrected chi connectivity index (χ3v) is 4.79. The standard InChI is InChI=1S/C24H25N3O2/c1-17-10-11-21(15-18(17)2)27-23(28)20-12-14-25-22(16-20)24(29)26-13-6-9-19-7-4-3-5-8-19/h3-5,7-8,10-12,14-16H,6,9,13H2,1-2H3,(H,26,29)(H,27,28). The second-order valence-electron chi connectivity index (χ2n) is 7.03. The van der Waals surface area contributed by atoms with E-state index in [1.165, 1.54) is 17.8 Å². The molecule has 3 rings (SSSR count). The summed E-state index contributed by atoms with van der Waals surface area (Å²) in [6.45, 7) is 4.57. The number of amides is 2. The minimum Gasteiger partial charge on any atom is -0.351 e. The summed E-state index contributed by atoms with van der Waals surface area (Å²) >= 11 is 0. The van der Waals surface area contributed by atoms with Crippen molar-refractivity contribution in [1.29, 1.82) is 0 Å². The van der Waals surface area contributed by atoms with E-state index in [1.807, 2.05) is 50.2 Å². The van der Waals surface area contributed by atoms with Crippen LogP contribution in [0.15, 0.2) is 66.9 Å². The van der Waals surface area contributed by atoms with Crippen molar-refractivity contribution in [2.45, 2.75) is 26.7 Å². The highest BCUT2D eigenvalue weighted by molar-refractivity contribution is 6.05. The molecule has 2 N–H and O–H groups in total. The molecule has 0 unspecified atom stereocenters. The van der Waals surface area contributed by atoms with Gasteiger partial charge in [-0.2, -0.15) is 0 Å². The van der Waals surface area contributed by atoms with Crippen LogP contribution in [0.1, 0.15) is 44.0 Å². The van der Waals surface area contributed by atoms with Gasteiger partial charge in [0.1, 0.15) is 5.69 Å². The van der Waals surface area contributed by atoms with Crippen LogP contribution in [0, 0.1) is 13.8 Å². The number of rotatable bonds is 7. The summed E-state index contributed by atoms with van der Waals surface area (Å²) < 4.78 is 0. The summed E-state index contributed by atoms with van der Waals surface area (Å²) in [6, 6.07) is 19.0. The summed E-state index contributed by atoms with van der Waals surface area (Å²) in [6.07, 6.45) is 3.21. The maximum Gasteiger partial charge on any atom is 0.269 e. The van der Waals surface area contributed by atoms with E-state index >= 15 is 0 Å².